The van der Waals surface area contributed by atoms with Gasteiger partial charge >= 0.3 is 0 Å². The molecule has 338 valence electrons. The average molecular weight is 936 g/mol. The minimum absolute atomic E-state index is 1.04. The molecule has 0 saturated heterocycles. The molecule has 0 atom stereocenters. The van der Waals surface area contributed by atoms with Crippen LogP contribution < -0.4 is 9.80 Å². The number of hydrogen-bond acceptors (Lipinski definition) is 3. The topological polar surface area (TPSA) is 11.4 Å². The summed E-state index contributed by atoms with van der Waals surface area (Å²) in [6, 6.07) is 99.9. The van der Waals surface area contributed by atoms with Gasteiger partial charge in [-0.15, -0.1) is 11.3 Å². The molecule has 0 fully saturated rings. The summed E-state index contributed by atoms with van der Waals surface area (Å²) in [7, 11) is 0. The van der Waals surface area contributed by atoms with E-state index in [2.05, 4.69) is 287 Å². The second-order valence-corrected chi connectivity index (χ2v) is 19.5. The number of anilines is 6. The number of hydrogen-bond donors (Lipinski definition) is 0. The van der Waals surface area contributed by atoms with Crippen molar-refractivity contribution in [3.05, 3.63) is 273 Å². The maximum absolute atomic E-state index is 2.43. The Balaban J connectivity index is 1.01. The number of thiophene rings is 1. The number of fused-ring (bicyclic) bond motifs is 9. The van der Waals surface area contributed by atoms with Crippen LogP contribution in [0.25, 0.3) is 91.5 Å². The van der Waals surface area contributed by atoms with Crippen LogP contribution in [-0.4, -0.2) is 4.57 Å². The molecule has 0 aliphatic heterocycles. The summed E-state index contributed by atoms with van der Waals surface area (Å²) in [4.78, 5) is 4.85. The van der Waals surface area contributed by atoms with Gasteiger partial charge in [-0.1, -0.05) is 176 Å². The smallest absolute Gasteiger partial charge is 0.0561 e. The number of aromatic nitrogens is 1. The highest BCUT2D eigenvalue weighted by molar-refractivity contribution is 7.26. The Morgan fingerprint density at radius 2 is 0.819 bits per heavy atom. The predicted octanol–water partition coefficient (Wildman–Crippen LogP) is 19.7. The normalized spacial score (nSPS) is 11.6. The molecule has 12 aromatic carbocycles. The van der Waals surface area contributed by atoms with Crippen LogP contribution in [-0.2, 0) is 0 Å². The molecule has 0 N–H and O–H groups in total. The molecule has 0 amide bonds. The quantitative estimate of drug-likeness (QED) is 0.134. The van der Waals surface area contributed by atoms with Crippen LogP contribution in [0.4, 0.5) is 34.1 Å². The van der Waals surface area contributed by atoms with Gasteiger partial charge in [0.05, 0.1) is 11.0 Å². The van der Waals surface area contributed by atoms with E-state index in [0.29, 0.717) is 0 Å². The third-order valence-electron chi connectivity index (χ3n) is 14.3. The lowest BCUT2D eigenvalue weighted by molar-refractivity contribution is 1.18. The standard InChI is InChI=1S/C68H45N3S/c1-4-20-49(21-5-1)69(52-37-35-46(36-38-52)57-31-18-32-63-62-30-15-17-34-67(62)72-68(57)63)54-41-48(64-43-47-19-10-11-26-56(47)58-27-12-13-28-59(58)64)42-55(44-54)70(50-22-6-2-7-23-50)53-39-40-61-60-29-14-16-33-65(60)71(66(61)45-53)51-24-8-3-9-25-51/h1-45H. The van der Waals surface area contributed by atoms with Crippen LogP contribution in [0.2, 0.25) is 0 Å². The van der Waals surface area contributed by atoms with Gasteiger partial charge < -0.3 is 14.4 Å². The van der Waals surface area contributed by atoms with Crippen molar-refractivity contribution in [3.8, 4) is 27.9 Å². The molecule has 3 nitrogen and oxygen atoms in total. The van der Waals surface area contributed by atoms with E-state index in [4.69, 9.17) is 0 Å². The van der Waals surface area contributed by atoms with E-state index < -0.39 is 0 Å². The zero-order chi connectivity index (χ0) is 47.5. The molecule has 0 spiro atoms. The van der Waals surface area contributed by atoms with Gasteiger partial charge in [-0.05, 0) is 141 Å². The minimum atomic E-state index is 1.04. The molecule has 0 unspecified atom stereocenters. The zero-order valence-electron chi connectivity index (χ0n) is 39.2. The molecule has 0 aliphatic carbocycles. The second-order valence-electron chi connectivity index (χ2n) is 18.5. The lowest BCUT2D eigenvalue weighted by Crippen LogP contribution is -2.13. The number of nitrogens with zero attached hydrogens (tertiary/aromatic N) is 3. The maximum atomic E-state index is 2.43. The molecule has 0 radical (unpaired) electrons. The van der Waals surface area contributed by atoms with Gasteiger partial charge in [0.15, 0.2) is 0 Å². The molecular formula is C68H45N3S. The molecule has 4 heteroatoms. The fraction of sp³-hybridized carbons (Fsp3) is 0. The first-order valence-electron chi connectivity index (χ1n) is 24.6. The summed E-state index contributed by atoms with van der Waals surface area (Å²) in [5, 5.41) is 9.96. The van der Waals surface area contributed by atoms with Crippen LogP contribution in [0, 0.1) is 0 Å². The average Bonchev–Trinajstić information content (AvgIpc) is 4.00. The highest BCUT2D eigenvalue weighted by Crippen LogP contribution is 2.47. The number of para-hydroxylation sites is 4. The Labute approximate surface area is 422 Å². The maximum Gasteiger partial charge on any atom is 0.0561 e. The van der Waals surface area contributed by atoms with Crippen molar-refractivity contribution in [2.45, 2.75) is 0 Å². The van der Waals surface area contributed by atoms with Gasteiger partial charge in [0.2, 0.25) is 0 Å². The summed E-state index contributed by atoms with van der Waals surface area (Å²) in [5.74, 6) is 0. The molecule has 2 heterocycles. The van der Waals surface area contributed by atoms with E-state index in [1.54, 1.807) is 0 Å². The van der Waals surface area contributed by atoms with E-state index >= 15 is 0 Å². The van der Waals surface area contributed by atoms with Gasteiger partial charge in [0.1, 0.15) is 0 Å². The summed E-state index contributed by atoms with van der Waals surface area (Å²) in [6.45, 7) is 0. The van der Waals surface area contributed by atoms with E-state index in [1.807, 2.05) is 11.3 Å². The number of benzene rings is 12. The van der Waals surface area contributed by atoms with Crippen molar-refractivity contribution in [3.63, 3.8) is 0 Å². The Hall–Kier alpha value is -9.22. The van der Waals surface area contributed by atoms with Gasteiger partial charge in [-0.2, -0.15) is 0 Å². The highest BCUT2D eigenvalue weighted by atomic mass is 32.1. The Morgan fingerprint density at radius 3 is 1.56 bits per heavy atom. The van der Waals surface area contributed by atoms with Crippen molar-refractivity contribution in [2.24, 2.45) is 0 Å². The van der Waals surface area contributed by atoms with Gasteiger partial charge in [0.25, 0.3) is 0 Å². The molecule has 14 rings (SSSR count). The van der Waals surface area contributed by atoms with Gasteiger partial charge in [-0.25, -0.2) is 0 Å². The van der Waals surface area contributed by atoms with Crippen LogP contribution in [0.3, 0.4) is 0 Å². The summed E-state index contributed by atoms with van der Waals surface area (Å²) in [6.07, 6.45) is 0. The molecule has 2 aromatic heterocycles. The monoisotopic (exact) mass is 935 g/mol. The summed E-state index contributed by atoms with van der Waals surface area (Å²) < 4.78 is 5.03. The summed E-state index contributed by atoms with van der Waals surface area (Å²) >= 11 is 1.87. The fourth-order valence-electron chi connectivity index (χ4n) is 11.1. The molecule has 14 aromatic rings. The lowest BCUT2D eigenvalue weighted by atomic mass is 9.92. The SMILES string of the molecule is c1ccc(N(c2ccc(-c3cccc4c3sc3ccccc34)cc2)c2cc(-c3cc4ccccc4c4ccccc34)cc(N(c3ccccc3)c3ccc4c5ccccc5n(-c5ccccc5)c4c3)c2)cc1. The van der Waals surface area contributed by atoms with Crippen molar-refractivity contribution in [2.75, 3.05) is 9.80 Å². The Kier molecular flexibility index (Phi) is 10.0. The molecule has 0 saturated carbocycles. The van der Waals surface area contributed by atoms with E-state index in [0.717, 1.165) is 50.9 Å². The van der Waals surface area contributed by atoms with E-state index in [9.17, 15) is 0 Å². The molecule has 0 bridgehead atoms. The first-order valence-corrected chi connectivity index (χ1v) is 25.4. The predicted molar refractivity (Wildman–Crippen MR) is 309 cm³/mol. The summed E-state index contributed by atoms with van der Waals surface area (Å²) in [5.41, 5.74) is 14.6. The largest absolute Gasteiger partial charge is 0.310 e. The van der Waals surface area contributed by atoms with Gasteiger partial charge in [0, 0.05) is 70.8 Å². The van der Waals surface area contributed by atoms with E-state index in [1.165, 1.54) is 74.7 Å². The number of rotatable bonds is 9. The third-order valence-corrected chi connectivity index (χ3v) is 15.5. The van der Waals surface area contributed by atoms with Crippen molar-refractivity contribution < 1.29 is 0 Å². The van der Waals surface area contributed by atoms with Crippen LogP contribution >= 0.6 is 11.3 Å². The van der Waals surface area contributed by atoms with Crippen LogP contribution in [0.1, 0.15) is 0 Å². The minimum Gasteiger partial charge on any atom is -0.310 e. The van der Waals surface area contributed by atoms with Crippen LogP contribution in [0.5, 0.6) is 0 Å². The Bertz CT molecular complexity index is 4330. The lowest BCUT2D eigenvalue weighted by Gasteiger charge is -2.30. The third kappa shape index (κ3) is 7.03. The van der Waals surface area contributed by atoms with E-state index in [-0.39, 0.29) is 0 Å². The van der Waals surface area contributed by atoms with Crippen LogP contribution in [0.15, 0.2) is 273 Å². The molecule has 0 aliphatic rings. The Morgan fingerprint density at radius 1 is 0.278 bits per heavy atom. The first kappa shape index (κ1) is 41.7. The first-order chi connectivity index (χ1) is 35.7. The molecular weight excluding hydrogens is 891 g/mol. The zero-order valence-corrected chi connectivity index (χ0v) is 40.0. The van der Waals surface area contributed by atoms with Crippen molar-refractivity contribution in [1.82, 2.24) is 4.57 Å². The fourth-order valence-corrected chi connectivity index (χ4v) is 12.3. The van der Waals surface area contributed by atoms with Crippen molar-refractivity contribution >= 4 is 109 Å². The van der Waals surface area contributed by atoms with Crippen molar-refractivity contribution in [1.29, 1.82) is 0 Å². The second kappa shape index (κ2) is 17.3. The van der Waals surface area contributed by atoms with Gasteiger partial charge in [-0.3, -0.25) is 0 Å². The highest BCUT2D eigenvalue weighted by Gasteiger charge is 2.23. The molecule has 72 heavy (non-hydrogen) atoms.